The molecule has 13 heteroatoms. The van der Waals surface area contributed by atoms with Crippen LogP contribution in [-0.2, 0) is 43.9 Å². The van der Waals surface area contributed by atoms with Gasteiger partial charge in [-0.05, 0) is 86.0 Å². The van der Waals surface area contributed by atoms with Crippen molar-refractivity contribution < 1.29 is 36.6 Å². The van der Waals surface area contributed by atoms with Crippen molar-refractivity contribution in [1.82, 2.24) is 9.21 Å². The Balaban J connectivity index is 1.42. The maximum atomic E-state index is 13.9. The average Bonchev–Trinajstić information content (AvgIpc) is 3.64. The smallest absolute Gasteiger partial charge is 0.340 e. The van der Waals surface area contributed by atoms with Crippen LogP contribution in [0.25, 0.3) is 6.08 Å². The molecule has 262 valence electrons. The monoisotopic (exact) mass is 738 g/mol. The van der Waals surface area contributed by atoms with Crippen LogP contribution in [0, 0.1) is 6.92 Å². The van der Waals surface area contributed by atoms with Gasteiger partial charge in [-0.25, -0.2) is 13.2 Å². The maximum absolute atomic E-state index is 13.9. The van der Waals surface area contributed by atoms with Crippen LogP contribution in [0.1, 0.15) is 35.1 Å². The Labute approximate surface area is 301 Å². The van der Waals surface area contributed by atoms with E-state index in [1.54, 1.807) is 81.8 Å². The second-order valence-electron chi connectivity index (χ2n) is 11.5. The molecular formula is C37H36Cl2N2O8S. The predicted octanol–water partition coefficient (Wildman–Crippen LogP) is 7.22. The Bertz CT molecular complexity index is 2090. The number of allylic oxidation sites excluding steroid dienone is 1. The number of methoxy groups -OCH3 is 3. The molecule has 50 heavy (non-hydrogen) atoms. The van der Waals surface area contributed by atoms with Gasteiger partial charge >= 0.3 is 5.97 Å². The highest BCUT2D eigenvalue weighted by atomic mass is 35.5. The molecule has 1 aliphatic rings. The van der Waals surface area contributed by atoms with Gasteiger partial charge in [0.1, 0.15) is 11.5 Å². The van der Waals surface area contributed by atoms with E-state index in [4.69, 9.17) is 41.8 Å². The Morgan fingerprint density at radius 1 is 0.900 bits per heavy atom. The number of hydrogen-bond donors (Lipinski definition) is 0. The molecule has 4 aromatic rings. The van der Waals surface area contributed by atoms with Crippen LogP contribution >= 0.6 is 23.2 Å². The lowest BCUT2D eigenvalue weighted by Crippen LogP contribution is -2.30. The summed E-state index contributed by atoms with van der Waals surface area (Å²) >= 11 is 12.5. The first kappa shape index (κ1) is 36.7. The van der Waals surface area contributed by atoms with Crippen molar-refractivity contribution in [2.75, 3.05) is 27.9 Å². The summed E-state index contributed by atoms with van der Waals surface area (Å²) < 4.78 is 50.9. The largest absolute Gasteiger partial charge is 0.493 e. The molecule has 5 rings (SSSR count). The summed E-state index contributed by atoms with van der Waals surface area (Å²) in [5.41, 5.74) is 3.02. The summed E-state index contributed by atoms with van der Waals surface area (Å²) in [5.74, 6) is 0.631. The van der Waals surface area contributed by atoms with E-state index in [-0.39, 0.29) is 41.4 Å². The van der Waals surface area contributed by atoms with Crippen molar-refractivity contribution in [2.24, 2.45) is 0 Å². The molecule has 0 unspecified atom stereocenters. The first-order valence-corrected chi connectivity index (χ1v) is 17.7. The minimum absolute atomic E-state index is 0.0642. The van der Waals surface area contributed by atoms with Crippen LogP contribution in [-0.4, -0.2) is 57.4 Å². The second-order valence-corrected chi connectivity index (χ2v) is 14.3. The van der Waals surface area contributed by atoms with Gasteiger partial charge in [-0.1, -0.05) is 53.0 Å². The number of esters is 1. The van der Waals surface area contributed by atoms with Gasteiger partial charge in [0.05, 0.1) is 43.9 Å². The molecule has 10 nitrogen and oxygen atoms in total. The fourth-order valence-corrected chi connectivity index (χ4v) is 7.43. The molecule has 0 saturated heterocycles. The molecule has 0 spiro atoms. The molecule has 1 aliphatic heterocycles. The minimum Gasteiger partial charge on any atom is -0.493 e. The lowest BCUT2D eigenvalue weighted by molar-refractivity contribution is -0.136. The van der Waals surface area contributed by atoms with Gasteiger partial charge in [0.2, 0.25) is 10.0 Å². The van der Waals surface area contributed by atoms with Crippen LogP contribution < -0.4 is 9.47 Å². The zero-order valence-corrected chi connectivity index (χ0v) is 30.5. The SMILES string of the molecule is COC(=O)C1=C(C)N(CCc2ccc(OC)c(OC)c2)C(=O)/C1=C/c1ccc(CN(Cc2ccc(Cl)cc2Cl)S(=O)(=O)c2ccc(C)cc2)o1. The lowest BCUT2D eigenvalue weighted by Gasteiger charge is -2.22. The Morgan fingerprint density at radius 2 is 1.62 bits per heavy atom. The standard InChI is InChI=1S/C37H36Cl2N2O8S/c1-23-6-13-30(14-7-23)50(44,45)40(21-26-9-10-27(38)19-32(26)39)22-29-12-11-28(49-29)20-31-35(37(43)48-5)24(2)41(36(31)42)17-16-25-8-15-33(46-3)34(18-25)47-4/h6-15,18-20H,16-17,21-22H2,1-5H3/b31-20+. The van der Waals surface area contributed by atoms with Crippen molar-refractivity contribution in [3.63, 3.8) is 0 Å². The molecule has 2 heterocycles. The third-order valence-electron chi connectivity index (χ3n) is 8.29. The number of carbonyl (C=O) groups excluding carboxylic acids is 2. The average molecular weight is 740 g/mol. The molecule has 0 fully saturated rings. The third-order valence-corrected chi connectivity index (χ3v) is 10.7. The van der Waals surface area contributed by atoms with Gasteiger partial charge < -0.3 is 23.5 Å². The summed E-state index contributed by atoms with van der Waals surface area (Å²) in [6.45, 7) is 3.62. The molecule has 0 saturated carbocycles. The number of hydrogen-bond acceptors (Lipinski definition) is 8. The molecular weight excluding hydrogens is 703 g/mol. The normalized spacial score (nSPS) is 14.2. The quantitative estimate of drug-likeness (QED) is 0.104. The number of carbonyl (C=O) groups is 2. The fourth-order valence-electron chi connectivity index (χ4n) is 5.57. The highest BCUT2D eigenvalue weighted by Gasteiger charge is 2.37. The minimum atomic E-state index is -4.02. The third kappa shape index (κ3) is 7.92. The zero-order valence-electron chi connectivity index (χ0n) is 28.2. The number of amides is 1. The first-order chi connectivity index (χ1) is 23.9. The second kappa shape index (κ2) is 15.6. The Kier molecular flexibility index (Phi) is 11.4. The van der Waals surface area contributed by atoms with Gasteiger partial charge in [0.15, 0.2) is 11.5 Å². The molecule has 0 aliphatic carbocycles. The van der Waals surface area contributed by atoms with Crippen LogP contribution in [0.3, 0.4) is 0 Å². The lowest BCUT2D eigenvalue weighted by atomic mass is 10.1. The van der Waals surface area contributed by atoms with Crippen LogP contribution in [0.15, 0.2) is 99.0 Å². The van der Waals surface area contributed by atoms with E-state index in [0.717, 1.165) is 11.1 Å². The number of aryl methyl sites for hydroxylation is 1. The number of nitrogens with zero attached hydrogens (tertiary/aromatic N) is 2. The summed E-state index contributed by atoms with van der Waals surface area (Å²) in [6.07, 6.45) is 1.94. The van der Waals surface area contributed by atoms with E-state index in [1.807, 2.05) is 19.1 Å². The molecule has 1 aromatic heterocycles. The van der Waals surface area contributed by atoms with Crippen molar-refractivity contribution in [3.8, 4) is 11.5 Å². The van der Waals surface area contributed by atoms with E-state index >= 15 is 0 Å². The maximum Gasteiger partial charge on any atom is 0.340 e. The van der Waals surface area contributed by atoms with Crippen LogP contribution in [0.2, 0.25) is 10.0 Å². The van der Waals surface area contributed by atoms with Gasteiger partial charge in [-0.15, -0.1) is 0 Å². The fraction of sp³-hybridized carbons (Fsp3) is 0.243. The number of ether oxygens (including phenoxy) is 3. The van der Waals surface area contributed by atoms with Crippen molar-refractivity contribution >= 4 is 51.2 Å². The highest BCUT2D eigenvalue weighted by Crippen LogP contribution is 2.34. The molecule has 0 N–H and O–H groups in total. The van der Waals surface area contributed by atoms with Crippen molar-refractivity contribution in [1.29, 1.82) is 0 Å². The van der Waals surface area contributed by atoms with E-state index in [2.05, 4.69) is 0 Å². The predicted molar refractivity (Wildman–Crippen MR) is 190 cm³/mol. The van der Waals surface area contributed by atoms with Crippen molar-refractivity contribution in [3.05, 3.63) is 128 Å². The summed E-state index contributed by atoms with van der Waals surface area (Å²) in [5, 5.41) is 0.742. The van der Waals surface area contributed by atoms with Gasteiger partial charge in [-0.3, -0.25) is 4.79 Å². The van der Waals surface area contributed by atoms with E-state index in [0.29, 0.717) is 45.0 Å². The van der Waals surface area contributed by atoms with Gasteiger partial charge in [0, 0.05) is 28.8 Å². The molecule has 3 aromatic carbocycles. The summed E-state index contributed by atoms with van der Waals surface area (Å²) in [4.78, 5) is 28.3. The van der Waals surface area contributed by atoms with E-state index in [9.17, 15) is 18.0 Å². The Hall–Kier alpha value is -4.55. The van der Waals surface area contributed by atoms with E-state index < -0.39 is 21.9 Å². The Morgan fingerprint density at radius 3 is 2.28 bits per heavy atom. The number of benzene rings is 3. The number of furan rings is 1. The summed E-state index contributed by atoms with van der Waals surface area (Å²) in [7, 11) is 0.336. The number of sulfonamides is 1. The number of halogens is 2. The van der Waals surface area contributed by atoms with Crippen LogP contribution in [0.5, 0.6) is 11.5 Å². The van der Waals surface area contributed by atoms with Gasteiger partial charge in [0.25, 0.3) is 5.91 Å². The zero-order chi connectivity index (χ0) is 36.2. The summed E-state index contributed by atoms with van der Waals surface area (Å²) in [6, 6.07) is 20.1. The topological polar surface area (TPSA) is 116 Å². The van der Waals surface area contributed by atoms with E-state index in [1.165, 1.54) is 22.4 Å². The molecule has 0 atom stereocenters. The van der Waals surface area contributed by atoms with Gasteiger partial charge in [-0.2, -0.15) is 4.31 Å². The molecule has 1 amide bonds. The molecule has 0 bridgehead atoms. The van der Waals surface area contributed by atoms with Crippen molar-refractivity contribution in [2.45, 2.75) is 38.3 Å². The highest BCUT2D eigenvalue weighted by molar-refractivity contribution is 7.89. The number of rotatable bonds is 13. The molecule has 0 radical (unpaired) electrons. The van der Waals surface area contributed by atoms with Crippen LogP contribution in [0.4, 0.5) is 0 Å². The first-order valence-electron chi connectivity index (χ1n) is 15.5.